The Hall–Kier alpha value is -0.780. The first-order valence-corrected chi connectivity index (χ1v) is 4.12. The van der Waals surface area contributed by atoms with Gasteiger partial charge in [-0.2, -0.15) is 0 Å². The van der Waals surface area contributed by atoms with E-state index in [1.54, 1.807) is 18.0 Å². The normalized spacial score (nSPS) is 21.0. The van der Waals surface area contributed by atoms with Gasteiger partial charge < -0.3 is 5.32 Å². The van der Waals surface area contributed by atoms with Gasteiger partial charge in [0, 0.05) is 6.20 Å². The number of hydrogen-bond donors (Lipinski definition) is 3. The third-order valence-corrected chi connectivity index (χ3v) is 2.48. The van der Waals surface area contributed by atoms with Crippen molar-refractivity contribution in [3.63, 3.8) is 0 Å². The molecule has 0 aliphatic carbocycles. The molecule has 0 spiro atoms. The number of rotatable bonds is 1. The summed E-state index contributed by atoms with van der Waals surface area (Å²) in [5.41, 5.74) is 3.72. The van der Waals surface area contributed by atoms with E-state index in [-0.39, 0.29) is 5.50 Å². The molecule has 0 saturated heterocycles. The van der Waals surface area contributed by atoms with Crippen molar-refractivity contribution >= 4 is 17.4 Å². The highest BCUT2D eigenvalue weighted by Crippen LogP contribution is 2.34. The molecule has 2 rings (SSSR count). The van der Waals surface area contributed by atoms with Gasteiger partial charge in [-0.3, -0.25) is 5.84 Å². The van der Waals surface area contributed by atoms with Crippen LogP contribution in [-0.2, 0) is 0 Å². The van der Waals surface area contributed by atoms with Crippen LogP contribution in [0.3, 0.4) is 0 Å². The second-order valence-corrected chi connectivity index (χ2v) is 3.26. The van der Waals surface area contributed by atoms with Gasteiger partial charge in [0.05, 0.1) is 5.69 Å². The van der Waals surface area contributed by atoms with Gasteiger partial charge >= 0.3 is 0 Å². The van der Waals surface area contributed by atoms with Crippen LogP contribution in [0.15, 0.2) is 23.4 Å². The first-order valence-electron chi connectivity index (χ1n) is 3.24. The molecule has 5 heteroatoms. The topological polar surface area (TPSA) is 63.0 Å². The third kappa shape index (κ3) is 1.18. The van der Waals surface area contributed by atoms with Crippen molar-refractivity contribution in [3.8, 4) is 0 Å². The molecule has 0 aromatic carbocycles. The van der Waals surface area contributed by atoms with E-state index in [1.807, 2.05) is 12.1 Å². The highest BCUT2D eigenvalue weighted by molar-refractivity contribution is 8.00. The standard InChI is InChI=1S/C6H8N4S/c7-10-6-9-4-2-1-3-8-5(4)11-6/h1-3,6,9-10H,7H2. The van der Waals surface area contributed by atoms with E-state index >= 15 is 0 Å². The largest absolute Gasteiger partial charge is 0.358 e. The van der Waals surface area contributed by atoms with E-state index in [0.717, 1.165) is 10.7 Å². The number of hydrogen-bond acceptors (Lipinski definition) is 5. The number of anilines is 1. The van der Waals surface area contributed by atoms with Crippen LogP contribution in [0.1, 0.15) is 0 Å². The molecule has 1 unspecified atom stereocenters. The summed E-state index contributed by atoms with van der Waals surface area (Å²) in [6.45, 7) is 0. The molecule has 4 nitrogen and oxygen atoms in total. The summed E-state index contributed by atoms with van der Waals surface area (Å²) in [5, 5.41) is 4.14. The van der Waals surface area contributed by atoms with Crippen molar-refractivity contribution in [2.45, 2.75) is 10.5 Å². The molecule has 0 radical (unpaired) electrons. The molecular weight excluding hydrogens is 160 g/mol. The number of aromatic nitrogens is 1. The zero-order valence-corrected chi connectivity index (χ0v) is 6.56. The van der Waals surface area contributed by atoms with Gasteiger partial charge in [-0.15, -0.1) is 0 Å². The summed E-state index contributed by atoms with van der Waals surface area (Å²) in [6, 6.07) is 3.87. The maximum absolute atomic E-state index is 5.25. The van der Waals surface area contributed by atoms with Crippen LogP contribution in [0.25, 0.3) is 0 Å². The molecule has 1 aromatic rings. The zero-order valence-electron chi connectivity index (χ0n) is 5.74. The molecule has 58 valence electrons. The number of pyridine rings is 1. The van der Waals surface area contributed by atoms with Crippen molar-refractivity contribution in [2.75, 3.05) is 5.32 Å². The SMILES string of the molecule is NNC1Nc2cccnc2S1. The first kappa shape index (κ1) is 6.90. The second kappa shape index (κ2) is 2.69. The highest BCUT2D eigenvalue weighted by atomic mass is 32.2. The van der Waals surface area contributed by atoms with Gasteiger partial charge in [0.15, 0.2) is 0 Å². The molecule has 4 N–H and O–H groups in total. The summed E-state index contributed by atoms with van der Waals surface area (Å²) < 4.78 is 0. The molecule has 1 aliphatic heterocycles. The van der Waals surface area contributed by atoms with Crippen molar-refractivity contribution in [1.29, 1.82) is 0 Å². The zero-order chi connectivity index (χ0) is 7.68. The number of thioether (sulfide) groups is 1. The third-order valence-electron chi connectivity index (χ3n) is 1.44. The van der Waals surface area contributed by atoms with E-state index in [9.17, 15) is 0 Å². The Morgan fingerprint density at radius 3 is 3.36 bits per heavy atom. The minimum absolute atomic E-state index is 0.0555. The average molecular weight is 168 g/mol. The van der Waals surface area contributed by atoms with Crippen molar-refractivity contribution in [3.05, 3.63) is 18.3 Å². The molecule has 0 saturated carbocycles. The molecule has 0 fully saturated rings. The summed E-state index contributed by atoms with van der Waals surface area (Å²) in [5.74, 6) is 5.25. The lowest BCUT2D eigenvalue weighted by molar-refractivity contribution is 0.751. The van der Waals surface area contributed by atoms with E-state index in [4.69, 9.17) is 5.84 Å². The maximum atomic E-state index is 5.25. The van der Waals surface area contributed by atoms with E-state index in [1.165, 1.54) is 0 Å². The quantitative estimate of drug-likeness (QED) is 0.417. The Morgan fingerprint density at radius 2 is 2.64 bits per heavy atom. The van der Waals surface area contributed by atoms with Crippen LogP contribution < -0.4 is 16.6 Å². The van der Waals surface area contributed by atoms with Gasteiger partial charge in [0.2, 0.25) is 0 Å². The van der Waals surface area contributed by atoms with Crippen molar-refractivity contribution < 1.29 is 0 Å². The molecule has 11 heavy (non-hydrogen) atoms. The molecule has 0 bridgehead atoms. The lowest BCUT2D eigenvalue weighted by Crippen LogP contribution is -2.35. The molecule has 1 aliphatic rings. The van der Waals surface area contributed by atoms with Crippen LogP contribution in [0.4, 0.5) is 5.69 Å². The maximum Gasteiger partial charge on any atom is 0.144 e. The van der Waals surface area contributed by atoms with Crippen LogP contribution >= 0.6 is 11.8 Å². The molecule has 1 aromatic heterocycles. The van der Waals surface area contributed by atoms with Gasteiger partial charge in [0.1, 0.15) is 10.5 Å². The fraction of sp³-hybridized carbons (Fsp3) is 0.167. The minimum Gasteiger partial charge on any atom is -0.358 e. The molecule has 1 atom stereocenters. The summed E-state index contributed by atoms with van der Waals surface area (Å²) in [4.78, 5) is 4.16. The number of nitrogens with one attached hydrogen (secondary N) is 2. The van der Waals surface area contributed by atoms with E-state index in [2.05, 4.69) is 15.7 Å². The number of nitrogens with zero attached hydrogens (tertiary/aromatic N) is 1. The van der Waals surface area contributed by atoms with Gasteiger partial charge in [-0.25, -0.2) is 10.4 Å². The molecule has 2 heterocycles. The molecule has 0 amide bonds. The van der Waals surface area contributed by atoms with Gasteiger partial charge in [-0.1, -0.05) is 11.8 Å². The Balaban J connectivity index is 2.27. The number of hydrazine groups is 1. The number of nitrogens with two attached hydrogens (primary N) is 1. The summed E-state index contributed by atoms with van der Waals surface area (Å²) in [7, 11) is 0. The van der Waals surface area contributed by atoms with Gasteiger partial charge in [-0.05, 0) is 12.1 Å². The average Bonchev–Trinajstić information content (AvgIpc) is 2.46. The predicted molar refractivity (Wildman–Crippen MR) is 44.8 cm³/mol. The van der Waals surface area contributed by atoms with Crippen LogP contribution in [0, 0.1) is 0 Å². The Kier molecular flexibility index (Phi) is 1.69. The minimum atomic E-state index is 0.0555. The van der Waals surface area contributed by atoms with Crippen molar-refractivity contribution in [1.82, 2.24) is 10.4 Å². The number of fused-ring (bicyclic) bond motifs is 1. The van der Waals surface area contributed by atoms with Crippen LogP contribution in [0.2, 0.25) is 0 Å². The summed E-state index contributed by atoms with van der Waals surface area (Å²) >= 11 is 1.58. The van der Waals surface area contributed by atoms with Gasteiger partial charge in [0.25, 0.3) is 0 Å². The fourth-order valence-corrected chi connectivity index (χ4v) is 1.81. The Labute approximate surface area is 68.5 Å². The first-order chi connectivity index (χ1) is 5.40. The Morgan fingerprint density at radius 1 is 1.73 bits per heavy atom. The monoisotopic (exact) mass is 168 g/mol. The van der Waals surface area contributed by atoms with Crippen LogP contribution in [-0.4, -0.2) is 10.5 Å². The van der Waals surface area contributed by atoms with E-state index in [0.29, 0.717) is 0 Å². The van der Waals surface area contributed by atoms with Crippen LogP contribution in [0.5, 0.6) is 0 Å². The predicted octanol–water partition coefficient (Wildman–Crippen LogP) is 0.346. The lowest BCUT2D eigenvalue weighted by atomic mass is 10.4. The smallest absolute Gasteiger partial charge is 0.144 e. The van der Waals surface area contributed by atoms with Crippen molar-refractivity contribution in [2.24, 2.45) is 5.84 Å². The second-order valence-electron chi connectivity index (χ2n) is 2.17. The Bertz CT molecular complexity index is 240. The lowest BCUT2D eigenvalue weighted by Gasteiger charge is -2.05. The fourth-order valence-electron chi connectivity index (χ4n) is 0.953. The highest BCUT2D eigenvalue weighted by Gasteiger charge is 2.19. The summed E-state index contributed by atoms with van der Waals surface area (Å²) in [6.07, 6.45) is 1.77. The molecular formula is C6H8N4S. The van der Waals surface area contributed by atoms with E-state index < -0.39 is 0 Å².